The number of hydrogen-bond donors (Lipinski definition) is 0. The molecule has 3 rings (SSSR count). The lowest BCUT2D eigenvalue weighted by atomic mass is 10.1. The normalized spacial score (nSPS) is 19.1. The maximum absolute atomic E-state index is 12.9. The molecule has 1 aromatic carbocycles. The zero-order valence-electron chi connectivity index (χ0n) is 13.4. The molecule has 1 saturated heterocycles. The Balaban J connectivity index is 1.88. The van der Waals surface area contributed by atoms with Crippen molar-refractivity contribution in [3.63, 3.8) is 0 Å². The van der Waals surface area contributed by atoms with E-state index in [0.717, 1.165) is 29.0 Å². The summed E-state index contributed by atoms with van der Waals surface area (Å²) in [6.07, 6.45) is 1.75. The number of thiophene rings is 1. The van der Waals surface area contributed by atoms with Gasteiger partial charge < -0.3 is 4.74 Å². The van der Waals surface area contributed by atoms with Gasteiger partial charge in [0.05, 0.1) is 12.6 Å². The van der Waals surface area contributed by atoms with Crippen LogP contribution in [-0.4, -0.2) is 25.9 Å². The molecule has 0 amide bonds. The van der Waals surface area contributed by atoms with Crippen molar-refractivity contribution in [2.45, 2.75) is 36.9 Å². The zero-order chi connectivity index (χ0) is 16.4. The van der Waals surface area contributed by atoms with E-state index in [1.54, 1.807) is 10.4 Å². The van der Waals surface area contributed by atoms with Crippen LogP contribution in [0.3, 0.4) is 0 Å². The first kappa shape index (κ1) is 16.5. The van der Waals surface area contributed by atoms with E-state index in [9.17, 15) is 8.42 Å². The van der Waals surface area contributed by atoms with Gasteiger partial charge in [0, 0.05) is 11.4 Å². The third-order valence-corrected chi connectivity index (χ3v) is 7.43. The van der Waals surface area contributed by atoms with Crippen LogP contribution >= 0.6 is 11.3 Å². The van der Waals surface area contributed by atoms with Gasteiger partial charge in [-0.15, -0.1) is 11.3 Å². The minimum Gasteiger partial charge on any atom is -0.494 e. The predicted octanol–water partition coefficient (Wildman–Crippen LogP) is 3.98. The summed E-state index contributed by atoms with van der Waals surface area (Å²) >= 11 is 1.34. The number of aryl methyl sites for hydroxylation is 1. The summed E-state index contributed by atoms with van der Waals surface area (Å²) in [7, 11) is -3.41. The standard InChI is InChI=1S/C17H21NO3S2/c1-3-21-15-9-7-14(8-10-15)16-5-4-12-18(16)23(19,20)17-11-6-13(2)22-17/h6-11,16H,3-5,12H2,1-2H3/t16-/m0/s1. The third-order valence-electron chi connectivity index (χ3n) is 4.06. The monoisotopic (exact) mass is 351 g/mol. The second-order valence-electron chi connectivity index (χ2n) is 5.64. The molecule has 1 aromatic heterocycles. The van der Waals surface area contributed by atoms with Crippen molar-refractivity contribution in [3.8, 4) is 5.75 Å². The Morgan fingerprint density at radius 3 is 2.57 bits per heavy atom. The van der Waals surface area contributed by atoms with Gasteiger partial charge in [0.15, 0.2) is 0 Å². The molecule has 2 heterocycles. The summed E-state index contributed by atoms with van der Waals surface area (Å²) in [6, 6.07) is 11.3. The summed E-state index contributed by atoms with van der Waals surface area (Å²) < 4.78 is 33.4. The highest BCUT2D eigenvalue weighted by Crippen LogP contribution is 2.38. The highest BCUT2D eigenvalue weighted by molar-refractivity contribution is 7.91. The first-order valence-corrected chi connectivity index (χ1v) is 10.1. The van der Waals surface area contributed by atoms with Gasteiger partial charge in [-0.1, -0.05) is 12.1 Å². The molecule has 1 fully saturated rings. The van der Waals surface area contributed by atoms with Crippen LogP contribution in [-0.2, 0) is 10.0 Å². The SMILES string of the molecule is CCOc1ccc([C@@H]2CCCN2S(=O)(=O)c2ccc(C)s2)cc1. The Hall–Kier alpha value is -1.37. The van der Waals surface area contributed by atoms with Crippen molar-refractivity contribution in [1.82, 2.24) is 4.31 Å². The van der Waals surface area contributed by atoms with Crippen LogP contribution in [0.15, 0.2) is 40.6 Å². The molecular weight excluding hydrogens is 330 g/mol. The Kier molecular flexibility index (Phi) is 4.75. The van der Waals surface area contributed by atoms with Gasteiger partial charge in [0.1, 0.15) is 9.96 Å². The van der Waals surface area contributed by atoms with Crippen molar-refractivity contribution >= 4 is 21.4 Å². The molecule has 0 N–H and O–H groups in total. The number of nitrogens with zero attached hydrogens (tertiary/aromatic N) is 1. The number of hydrogen-bond acceptors (Lipinski definition) is 4. The van der Waals surface area contributed by atoms with Gasteiger partial charge in [0.2, 0.25) is 0 Å². The van der Waals surface area contributed by atoms with Crippen LogP contribution in [0.1, 0.15) is 36.2 Å². The predicted molar refractivity (Wildman–Crippen MR) is 92.5 cm³/mol. The average Bonchev–Trinajstić information content (AvgIpc) is 3.18. The van der Waals surface area contributed by atoms with Gasteiger partial charge in [-0.25, -0.2) is 8.42 Å². The number of benzene rings is 1. The van der Waals surface area contributed by atoms with Crippen molar-refractivity contribution in [2.24, 2.45) is 0 Å². The molecular formula is C17H21NO3S2. The first-order chi connectivity index (χ1) is 11.0. The summed E-state index contributed by atoms with van der Waals surface area (Å²) in [5.41, 5.74) is 1.03. The molecule has 0 spiro atoms. The minimum atomic E-state index is -3.41. The molecule has 2 aromatic rings. The Morgan fingerprint density at radius 2 is 1.96 bits per heavy atom. The van der Waals surface area contributed by atoms with Crippen LogP contribution in [0.4, 0.5) is 0 Å². The fourth-order valence-corrected chi connectivity index (χ4v) is 6.08. The first-order valence-electron chi connectivity index (χ1n) is 7.83. The molecule has 124 valence electrons. The molecule has 1 aliphatic rings. The van der Waals surface area contributed by atoms with E-state index in [1.165, 1.54) is 11.3 Å². The number of sulfonamides is 1. The van der Waals surface area contributed by atoms with Crippen LogP contribution in [0.25, 0.3) is 0 Å². The fraction of sp³-hybridized carbons (Fsp3) is 0.412. The minimum absolute atomic E-state index is 0.0851. The molecule has 0 bridgehead atoms. The van der Waals surface area contributed by atoms with E-state index in [-0.39, 0.29) is 6.04 Å². The lowest BCUT2D eigenvalue weighted by molar-refractivity contribution is 0.339. The average molecular weight is 351 g/mol. The third kappa shape index (κ3) is 3.29. The van der Waals surface area contributed by atoms with E-state index in [2.05, 4.69) is 0 Å². The fourth-order valence-electron chi connectivity index (χ4n) is 2.98. The second kappa shape index (κ2) is 6.63. The lowest BCUT2D eigenvalue weighted by Crippen LogP contribution is -2.30. The van der Waals surface area contributed by atoms with Crippen molar-refractivity contribution < 1.29 is 13.2 Å². The van der Waals surface area contributed by atoms with Gasteiger partial charge in [0.25, 0.3) is 10.0 Å². The number of ether oxygens (including phenoxy) is 1. The van der Waals surface area contributed by atoms with E-state index in [0.29, 0.717) is 17.4 Å². The number of rotatable bonds is 5. The molecule has 4 nitrogen and oxygen atoms in total. The zero-order valence-corrected chi connectivity index (χ0v) is 15.0. The van der Waals surface area contributed by atoms with Crippen molar-refractivity contribution in [3.05, 3.63) is 46.8 Å². The largest absolute Gasteiger partial charge is 0.494 e. The summed E-state index contributed by atoms with van der Waals surface area (Å²) in [5, 5.41) is 0. The van der Waals surface area contributed by atoms with Gasteiger partial charge in [-0.05, 0) is 56.5 Å². The molecule has 0 unspecified atom stereocenters. The van der Waals surface area contributed by atoms with Crippen molar-refractivity contribution in [1.29, 1.82) is 0 Å². The van der Waals surface area contributed by atoms with Crippen LogP contribution in [0.2, 0.25) is 0 Å². The van der Waals surface area contributed by atoms with E-state index in [4.69, 9.17) is 4.74 Å². The maximum atomic E-state index is 12.9. The second-order valence-corrected chi connectivity index (χ2v) is 9.05. The van der Waals surface area contributed by atoms with E-state index < -0.39 is 10.0 Å². The molecule has 0 saturated carbocycles. The van der Waals surface area contributed by atoms with Gasteiger partial charge in [-0.3, -0.25) is 0 Å². The van der Waals surface area contributed by atoms with E-state index in [1.807, 2.05) is 44.2 Å². The molecule has 0 radical (unpaired) electrons. The van der Waals surface area contributed by atoms with Crippen molar-refractivity contribution in [2.75, 3.05) is 13.2 Å². The molecule has 1 atom stereocenters. The summed E-state index contributed by atoms with van der Waals surface area (Å²) in [5.74, 6) is 0.817. The smallest absolute Gasteiger partial charge is 0.253 e. The summed E-state index contributed by atoms with van der Waals surface area (Å²) in [6.45, 7) is 5.08. The highest BCUT2D eigenvalue weighted by Gasteiger charge is 2.36. The molecule has 6 heteroatoms. The van der Waals surface area contributed by atoms with Crippen LogP contribution in [0, 0.1) is 6.92 Å². The quantitative estimate of drug-likeness (QED) is 0.818. The molecule has 1 aliphatic heterocycles. The maximum Gasteiger partial charge on any atom is 0.253 e. The summed E-state index contributed by atoms with van der Waals surface area (Å²) in [4.78, 5) is 1.01. The molecule has 0 aliphatic carbocycles. The lowest BCUT2D eigenvalue weighted by Gasteiger charge is -2.24. The topological polar surface area (TPSA) is 46.6 Å². The Labute approximate surface area is 141 Å². The Morgan fingerprint density at radius 1 is 1.22 bits per heavy atom. The van der Waals surface area contributed by atoms with Gasteiger partial charge in [-0.2, -0.15) is 4.31 Å². The van der Waals surface area contributed by atoms with Gasteiger partial charge >= 0.3 is 0 Å². The Bertz CT molecular complexity index is 765. The highest BCUT2D eigenvalue weighted by atomic mass is 32.2. The van der Waals surface area contributed by atoms with Crippen LogP contribution < -0.4 is 4.74 Å². The van der Waals surface area contributed by atoms with Crippen LogP contribution in [0.5, 0.6) is 5.75 Å². The molecule has 23 heavy (non-hydrogen) atoms. The van der Waals surface area contributed by atoms with E-state index >= 15 is 0 Å².